The number of halogens is 1. The summed E-state index contributed by atoms with van der Waals surface area (Å²) < 4.78 is 12.8. The fourth-order valence-corrected chi connectivity index (χ4v) is 0.976. The van der Waals surface area contributed by atoms with Gasteiger partial charge in [0.2, 0.25) is 0 Å². The van der Waals surface area contributed by atoms with Crippen molar-refractivity contribution in [3.63, 3.8) is 0 Å². The predicted molar refractivity (Wildman–Crippen MR) is 34.5 cm³/mol. The van der Waals surface area contributed by atoms with Gasteiger partial charge in [0.15, 0.2) is 0 Å². The number of alkyl halides is 1. The van der Waals surface area contributed by atoms with E-state index in [0.717, 1.165) is 0 Å². The second-order valence-corrected chi connectivity index (χ2v) is 3.09. The Morgan fingerprint density at radius 2 is 2.30 bits per heavy atom. The van der Waals surface area contributed by atoms with Crippen LogP contribution in [0.3, 0.4) is 0 Å². The number of rotatable bonds is 3. The van der Waals surface area contributed by atoms with E-state index in [1.165, 1.54) is 0 Å². The molecule has 0 amide bonds. The van der Waals surface area contributed by atoms with Crippen LogP contribution in [0.25, 0.3) is 0 Å². The van der Waals surface area contributed by atoms with E-state index < -0.39 is 17.6 Å². The third-order valence-corrected chi connectivity index (χ3v) is 1.89. The summed E-state index contributed by atoms with van der Waals surface area (Å²) in [5, 5.41) is 8.41. The maximum atomic E-state index is 12.8. The Hall–Kier alpha value is -0.600. The minimum Gasteiger partial charge on any atom is -0.481 e. The summed E-state index contributed by atoms with van der Waals surface area (Å²) in [6, 6.07) is 0. The first-order valence-electron chi connectivity index (χ1n) is 3.45. The summed E-state index contributed by atoms with van der Waals surface area (Å²) in [5.41, 5.74) is -1.13. The number of hydrogen-bond acceptors (Lipinski definition) is 1. The van der Waals surface area contributed by atoms with Crippen molar-refractivity contribution >= 4 is 5.97 Å². The van der Waals surface area contributed by atoms with Gasteiger partial charge in [-0.1, -0.05) is 6.92 Å². The van der Waals surface area contributed by atoms with Crippen molar-refractivity contribution in [3.05, 3.63) is 0 Å². The standard InChI is InChI=1S/C7H11FO2/c1-5(6(9)10)4-7(8)2-3-7/h5H,2-4H2,1H3,(H,9,10). The molecule has 0 saturated heterocycles. The minimum atomic E-state index is -1.13. The van der Waals surface area contributed by atoms with Crippen LogP contribution in [-0.2, 0) is 4.79 Å². The van der Waals surface area contributed by atoms with Crippen LogP contribution < -0.4 is 0 Å². The zero-order valence-electron chi connectivity index (χ0n) is 5.93. The van der Waals surface area contributed by atoms with Gasteiger partial charge in [-0.15, -0.1) is 0 Å². The summed E-state index contributed by atoms with van der Waals surface area (Å²) in [5.74, 6) is -1.43. The number of carbonyl (C=O) groups is 1. The molecule has 0 bridgehead atoms. The van der Waals surface area contributed by atoms with E-state index in [2.05, 4.69) is 0 Å². The van der Waals surface area contributed by atoms with E-state index in [1.54, 1.807) is 6.92 Å². The topological polar surface area (TPSA) is 37.3 Å². The Labute approximate surface area is 59.0 Å². The number of carboxylic acids is 1. The molecule has 1 atom stereocenters. The molecule has 0 aliphatic heterocycles. The Morgan fingerprint density at radius 1 is 1.80 bits per heavy atom. The van der Waals surface area contributed by atoms with Crippen molar-refractivity contribution < 1.29 is 14.3 Å². The van der Waals surface area contributed by atoms with E-state index >= 15 is 0 Å². The first-order chi connectivity index (χ1) is 4.53. The van der Waals surface area contributed by atoms with Crippen LogP contribution in [0.15, 0.2) is 0 Å². The molecule has 0 spiro atoms. The maximum Gasteiger partial charge on any atom is 0.306 e. The molecule has 1 unspecified atom stereocenters. The zero-order chi connectivity index (χ0) is 7.78. The average Bonchev–Trinajstić information content (AvgIpc) is 2.47. The average molecular weight is 146 g/mol. The normalized spacial score (nSPS) is 23.8. The molecule has 1 N–H and O–H groups in total. The molecule has 0 aromatic rings. The van der Waals surface area contributed by atoms with E-state index in [0.29, 0.717) is 12.8 Å². The highest BCUT2D eigenvalue weighted by Gasteiger charge is 2.44. The molecule has 1 saturated carbocycles. The van der Waals surface area contributed by atoms with Crippen LogP contribution in [0.2, 0.25) is 0 Å². The maximum absolute atomic E-state index is 12.8. The van der Waals surface area contributed by atoms with Gasteiger partial charge in [-0.3, -0.25) is 4.79 Å². The summed E-state index contributed by atoms with van der Waals surface area (Å²) >= 11 is 0. The Kier molecular flexibility index (Phi) is 1.67. The van der Waals surface area contributed by atoms with Crippen molar-refractivity contribution in [2.24, 2.45) is 5.92 Å². The molecule has 1 rings (SSSR count). The lowest BCUT2D eigenvalue weighted by Crippen LogP contribution is -2.15. The zero-order valence-corrected chi connectivity index (χ0v) is 5.93. The van der Waals surface area contributed by atoms with Gasteiger partial charge in [0, 0.05) is 0 Å². The second kappa shape index (κ2) is 2.22. The van der Waals surface area contributed by atoms with Crippen molar-refractivity contribution in [2.45, 2.75) is 31.9 Å². The third kappa shape index (κ3) is 1.69. The largest absolute Gasteiger partial charge is 0.481 e. The molecular formula is C7H11FO2. The molecule has 2 nitrogen and oxygen atoms in total. The SMILES string of the molecule is CC(CC1(F)CC1)C(=O)O. The van der Waals surface area contributed by atoms with Gasteiger partial charge in [-0.05, 0) is 19.3 Å². The summed E-state index contributed by atoms with van der Waals surface area (Å²) in [6.45, 7) is 1.54. The lowest BCUT2D eigenvalue weighted by molar-refractivity contribution is -0.141. The molecule has 58 valence electrons. The van der Waals surface area contributed by atoms with Gasteiger partial charge >= 0.3 is 5.97 Å². The van der Waals surface area contributed by atoms with Crippen molar-refractivity contribution in [1.29, 1.82) is 0 Å². The Balaban J connectivity index is 2.31. The summed E-state index contributed by atoms with van der Waals surface area (Å²) in [6.07, 6.45) is 1.28. The molecule has 10 heavy (non-hydrogen) atoms. The summed E-state index contributed by atoms with van der Waals surface area (Å²) in [4.78, 5) is 10.2. The van der Waals surface area contributed by atoms with Crippen LogP contribution in [0.4, 0.5) is 4.39 Å². The van der Waals surface area contributed by atoms with Gasteiger partial charge in [0.1, 0.15) is 5.67 Å². The molecule has 1 aliphatic carbocycles. The van der Waals surface area contributed by atoms with Crippen LogP contribution in [-0.4, -0.2) is 16.7 Å². The van der Waals surface area contributed by atoms with Crippen LogP contribution >= 0.6 is 0 Å². The van der Waals surface area contributed by atoms with E-state index in [1.807, 2.05) is 0 Å². The first-order valence-corrected chi connectivity index (χ1v) is 3.45. The first kappa shape index (κ1) is 7.51. The molecule has 0 aromatic carbocycles. The van der Waals surface area contributed by atoms with Crippen LogP contribution in [0.1, 0.15) is 26.2 Å². The van der Waals surface area contributed by atoms with Gasteiger partial charge < -0.3 is 5.11 Å². The molecule has 0 radical (unpaired) electrons. The van der Waals surface area contributed by atoms with Crippen LogP contribution in [0.5, 0.6) is 0 Å². The second-order valence-electron chi connectivity index (χ2n) is 3.09. The number of hydrogen-bond donors (Lipinski definition) is 1. The van der Waals surface area contributed by atoms with Gasteiger partial charge in [0.25, 0.3) is 0 Å². The van der Waals surface area contributed by atoms with Gasteiger partial charge in [0.05, 0.1) is 5.92 Å². The summed E-state index contributed by atoms with van der Waals surface area (Å²) in [7, 11) is 0. The van der Waals surface area contributed by atoms with E-state index in [-0.39, 0.29) is 6.42 Å². The van der Waals surface area contributed by atoms with Crippen molar-refractivity contribution in [1.82, 2.24) is 0 Å². The molecule has 1 aliphatic rings. The third-order valence-electron chi connectivity index (χ3n) is 1.89. The highest BCUT2D eigenvalue weighted by Crippen LogP contribution is 2.44. The molecule has 1 fully saturated rings. The molecule has 0 aromatic heterocycles. The quantitative estimate of drug-likeness (QED) is 0.656. The number of aliphatic carboxylic acids is 1. The fraction of sp³-hybridized carbons (Fsp3) is 0.857. The van der Waals surface area contributed by atoms with E-state index in [4.69, 9.17) is 5.11 Å². The Bertz CT molecular complexity index is 152. The highest BCUT2D eigenvalue weighted by atomic mass is 19.1. The molecule has 3 heteroatoms. The lowest BCUT2D eigenvalue weighted by Gasteiger charge is -2.07. The number of carboxylic acid groups (broad SMARTS) is 1. The monoisotopic (exact) mass is 146 g/mol. The van der Waals surface area contributed by atoms with Crippen molar-refractivity contribution in [2.75, 3.05) is 0 Å². The molecule has 0 heterocycles. The predicted octanol–water partition coefficient (Wildman–Crippen LogP) is 1.60. The van der Waals surface area contributed by atoms with Crippen LogP contribution in [0, 0.1) is 5.92 Å². The molecular weight excluding hydrogens is 135 g/mol. The van der Waals surface area contributed by atoms with Gasteiger partial charge in [-0.2, -0.15) is 0 Å². The van der Waals surface area contributed by atoms with Crippen molar-refractivity contribution in [3.8, 4) is 0 Å². The van der Waals surface area contributed by atoms with E-state index in [9.17, 15) is 9.18 Å². The lowest BCUT2D eigenvalue weighted by atomic mass is 10.0. The van der Waals surface area contributed by atoms with Gasteiger partial charge in [-0.25, -0.2) is 4.39 Å². The fourth-order valence-electron chi connectivity index (χ4n) is 0.976. The smallest absolute Gasteiger partial charge is 0.306 e. The highest BCUT2D eigenvalue weighted by molar-refractivity contribution is 5.69. The Morgan fingerprint density at radius 3 is 2.60 bits per heavy atom. The minimum absolute atomic E-state index is 0.183.